The fourth-order valence-electron chi connectivity index (χ4n) is 3.12. The topological polar surface area (TPSA) is 126 Å². The second-order valence-electron chi connectivity index (χ2n) is 6.48. The predicted molar refractivity (Wildman–Crippen MR) is 98.2 cm³/mol. The summed E-state index contributed by atoms with van der Waals surface area (Å²) in [5, 5.41) is 10.0. The highest BCUT2D eigenvalue weighted by Crippen LogP contribution is 2.26. The first-order valence-electron chi connectivity index (χ1n) is 9.01. The highest BCUT2D eigenvalue weighted by Gasteiger charge is 2.21. The molecule has 1 aliphatic heterocycles. The Kier molecular flexibility index (Phi) is 4.93. The first-order valence-corrected chi connectivity index (χ1v) is 9.01. The van der Waals surface area contributed by atoms with Gasteiger partial charge in [0.25, 0.3) is 5.56 Å². The van der Waals surface area contributed by atoms with Gasteiger partial charge < -0.3 is 9.72 Å². The van der Waals surface area contributed by atoms with Gasteiger partial charge in [-0.3, -0.25) is 20.0 Å². The number of fused-ring (bicyclic) bond motifs is 1. The van der Waals surface area contributed by atoms with Crippen molar-refractivity contribution < 1.29 is 9.53 Å². The third kappa shape index (κ3) is 4.03. The van der Waals surface area contributed by atoms with Crippen molar-refractivity contribution in [3.8, 4) is 0 Å². The number of nitrogens with zero attached hydrogens (tertiary/aromatic N) is 3. The van der Waals surface area contributed by atoms with Gasteiger partial charge in [-0.05, 0) is 31.4 Å². The molecule has 9 heteroatoms. The number of hydrogen-bond donors (Lipinski definition) is 3. The van der Waals surface area contributed by atoms with Gasteiger partial charge >= 0.3 is 0 Å². The molecule has 0 bridgehead atoms. The predicted octanol–water partition coefficient (Wildman–Crippen LogP) is 1.85. The van der Waals surface area contributed by atoms with Crippen molar-refractivity contribution in [2.45, 2.75) is 38.2 Å². The molecule has 0 spiro atoms. The Morgan fingerprint density at radius 3 is 3.04 bits per heavy atom. The van der Waals surface area contributed by atoms with Gasteiger partial charge in [-0.1, -0.05) is 12.1 Å². The minimum atomic E-state index is -0.184. The van der Waals surface area contributed by atoms with Crippen LogP contribution in [0.25, 0.3) is 10.9 Å². The average molecular weight is 368 g/mol. The molecule has 1 unspecified atom stereocenters. The standard InChI is InChI=1S/C18H20N6O3/c25-15(21-18-22-16(23-24-18)13-7-4-10-27-13)9-3-8-14-19-12-6-2-1-5-11(12)17(26)20-14/h1-2,5-6,13H,3-4,7-10H2,(H,19,20,26)(H2,21,22,23,24,25). The van der Waals surface area contributed by atoms with Gasteiger partial charge in [0, 0.05) is 19.4 Å². The highest BCUT2D eigenvalue weighted by atomic mass is 16.5. The Morgan fingerprint density at radius 1 is 1.30 bits per heavy atom. The number of aryl methyl sites for hydroxylation is 1. The van der Waals surface area contributed by atoms with Gasteiger partial charge in [0.15, 0.2) is 5.82 Å². The van der Waals surface area contributed by atoms with Crippen molar-refractivity contribution in [2.75, 3.05) is 11.9 Å². The third-order valence-electron chi connectivity index (χ3n) is 4.47. The molecule has 1 atom stereocenters. The van der Waals surface area contributed by atoms with Crippen LogP contribution >= 0.6 is 0 Å². The van der Waals surface area contributed by atoms with Gasteiger partial charge in [-0.25, -0.2) is 4.98 Å². The van der Waals surface area contributed by atoms with E-state index >= 15 is 0 Å². The van der Waals surface area contributed by atoms with Crippen molar-refractivity contribution >= 4 is 22.8 Å². The Hall–Kier alpha value is -3.07. The van der Waals surface area contributed by atoms with E-state index in [-0.39, 0.29) is 29.9 Å². The van der Waals surface area contributed by atoms with Crippen LogP contribution in [0.4, 0.5) is 5.95 Å². The second kappa shape index (κ2) is 7.67. The molecule has 1 saturated heterocycles. The monoisotopic (exact) mass is 368 g/mol. The number of amides is 1. The summed E-state index contributed by atoms with van der Waals surface area (Å²) < 4.78 is 5.53. The summed E-state index contributed by atoms with van der Waals surface area (Å²) in [6.45, 7) is 0.720. The molecule has 0 aliphatic carbocycles. The van der Waals surface area contributed by atoms with E-state index in [2.05, 4.69) is 30.5 Å². The number of nitrogens with one attached hydrogen (secondary N) is 3. The Labute approximate surface area is 154 Å². The Morgan fingerprint density at radius 2 is 2.19 bits per heavy atom. The summed E-state index contributed by atoms with van der Waals surface area (Å²) in [6, 6.07) is 7.18. The number of carbonyl (C=O) groups excluding carboxylic acids is 1. The fraction of sp³-hybridized carbons (Fsp3) is 0.389. The number of aromatic amines is 2. The maximum absolute atomic E-state index is 12.1. The molecule has 1 fully saturated rings. The van der Waals surface area contributed by atoms with E-state index in [0.717, 1.165) is 19.4 Å². The van der Waals surface area contributed by atoms with Gasteiger partial charge in [0.05, 0.1) is 10.9 Å². The van der Waals surface area contributed by atoms with E-state index in [1.165, 1.54) is 0 Å². The lowest BCUT2D eigenvalue weighted by Gasteiger charge is -2.04. The van der Waals surface area contributed by atoms with Crippen LogP contribution in [0.1, 0.15) is 43.4 Å². The van der Waals surface area contributed by atoms with Crippen LogP contribution in [-0.4, -0.2) is 37.7 Å². The summed E-state index contributed by atoms with van der Waals surface area (Å²) in [4.78, 5) is 35.6. The van der Waals surface area contributed by atoms with Crippen LogP contribution in [0.2, 0.25) is 0 Å². The number of ether oxygens (including phenoxy) is 1. The zero-order chi connectivity index (χ0) is 18.6. The lowest BCUT2D eigenvalue weighted by molar-refractivity contribution is -0.116. The number of para-hydroxylation sites is 1. The van der Waals surface area contributed by atoms with Crippen molar-refractivity contribution in [2.24, 2.45) is 0 Å². The van der Waals surface area contributed by atoms with Crippen molar-refractivity contribution in [3.05, 3.63) is 46.3 Å². The van der Waals surface area contributed by atoms with E-state index in [4.69, 9.17) is 4.74 Å². The van der Waals surface area contributed by atoms with Gasteiger partial charge in [-0.15, -0.1) is 5.10 Å². The number of hydrogen-bond acceptors (Lipinski definition) is 6. The molecule has 1 amide bonds. The summed E-state index contributed by atoms with van der Waals surface area (Å²) in [5.74, 6) is 1.28. The fourth-order valence-corrected chi connectivity index (χ4v) is 3.12. The molecule has 3 N–H and O–H groups in total. The Balaban J connectivity index is 1.30. The van der Waals surface area contributed by atoms with E-state index in [1.54, 1.807) is 18.2 Å². The zero-order valence-corrected chi connectivity index (χ0v) is 14.7. The van der Waals surface area contributed by atoms with E-state index < -0.39 is 0 Å². The Bertz CT molecular complexity index is 1010. The summed E-state index contributed by atoms with van der Waals surface area (Å²) in [7, 11) is 0. The molecule has 1 aliphatic rings. The third-order valence-corrected chi connectivity index (χ3v) is 4.47. The smallest absolute Gasteiger partial charge is 0.258 e. The maximum Gasteiger partial charge on any atom is 0.258 e. The molecule has 0 saturated carbocycles. The van der Waals surface area contributed by atoms with Crippen molar-refractivity contribution in [1.82, 2.24) is 25.1 Å². The molecular weight excluding hydrogens is 348 g/mol. The lowest BCUT2D eigenvalue weighted by Crippen LogP contribution is -2.15. The maximum atomic E-state index is 12.1. The van der Waals surface area contributed by atoms with Crippen LogP contribution in [0.5, 0.6) is 0 Å². The van der Waals surface area contributed by atoms with Crippen molar-refractivity contribution in [3.63, 3.8) is 0 Å². The number of benzene rings is 1. The quantitative estimate of drug-likeness (QED) is 0.610. The highest BCUT2D eigenvalue weighted by molar-refractivity contribution is 5.88. The molecule has 2 aromatic heterocycles. The molecule has 4 rings (SSSR count). The van der Waals surface area contributed by atoms with Crippen LogP contribution in [0.15, 0.2) is 29.1 Å². The normalized spacial score (nSPS) is 16.7. The van der Waals surface area contributed by atoms with Crippen LogP contribution in [0.3, 0.4) is 0 Å². The summed E-state index contributed by atoms with van der Waals surface area (Å²) in [6.07, 6.45) is 3.16. The second-order valence-corrected chi connectivity index (χ2v) is 6.48. The number of rotatable bonds is 6. The van der Waals surface area contributed by atoms with Crippen molar-refractivity contribution in [1.29, 1.82) is 0 Å². The number of anilines is 1. The average Bonchev–Trinajstić information content (AvgIpc) is 3.33. The van der Waals surface area contributed by atoms with Gasteiger partial charge in [0.1, 0.15) is 11.9 Å². The summed E-state index contributed by atoms with van der Waals surface area (Å²) >= 11 is 0. The van der Waals surface area contributed by atoms with Crippen LogP contribution in [-0.2, 0) is 16.0 Å². The van der Waals surface area contributed by atoms with Gasteiger partial charge in [-0.2, -0.15) is 4.98 Å². The van der Waals surface area contributed by atoms with E-state index in [1.807, 2.05) is 6.07 Å². The van der Waals surface area contributed by atoms with E-state index in [0.29, 0.717) is 35.4 Å². The molecular formula is C18H20N6O3. The first-order chi connectivity index (χ1) is 13.2. The zero-order valence-electron chi connectivity index (χ0n) is 14.7. The van der Waals surface area contributed by atoms with Crippen LogP contribution in [0, 0.1) is 0 Å². The lowest BCUT2D eigenvalue weighted by atomic mass is 10.2. The molecule has 9 nitrogen and oxygen atoms in total. The SMILES string of the molecule is O=C(CCCc1nc2ccccc2c(=O)[nH]1)Nc1n[nH]c(C2CCCO2)n1. The van der Waals surface area contributed by atoms with Crippen LogP contribution < -0.4 is 10.9 Å². The number of carbonyl (C=O) groups is 1. The largest absolute Gasteiger partial charge is 0.370 e. The molecule has 140 valence electrons. The minimum Gasteiger partial charge on any atom is -0.370 e. The molecule has 1 aromatic carbocycles. The molecule has 0 radical (unpaired) electrons. The van der Waals surface area contributed by atoms with Gasteiger partial charge in [0.2, 0.25) is 11.9 Å². The number of H-pyrrole nitrogens is 2. The minimum absolute atomic E-state index is 0.0704. The van der Waals surface area contributed by atoms with E-state index in [9.17, 15) is 9.59 Å². The summed E-state index contributed by atoms with van der Waals surface area (Å²) in [5.41, 5.74) is 0.491. The molecule has 3 heterocycles. The molecule has 27 heavy (non-hydrogen) atoms. The first kappa shape index (κ1) is 17.3. The number of aromatic nitrogens is 5. The molecule has 3 aromatic rings.